The summed E-state index contributed by atoms with van der Waals surface area (Å²) in [7, 11) is 0. The van der Waals surface area contributed by atoms with Gasteiger partial charge in [0.25, 0.3) is 0 Å². The molecular formula is C17H26O2. The molecule has 0 aliphatic heterocycles. The van der Waals surface area contributed by atoms with Gasteiger partial charge in [-0.3, -0.25) is 9.59 Å². The van der Waals surface area contributed by atoms with Crippen molar-refractivity contribution in [2.45, 2.75) is 66.2 Å². The lowest BCUT2D eigenvalue weighted by molar-refractivity contribution is -0.140. The highest BCUT2D eigenvalue weighted by molar-refractivity contribution is 6.11. The molecular weight excluding hydrogens is 236 g/mol. The zero-order valence-electron chi connectivity index (χ0n) is 12.7. The fraction of sp³-hybridized carbons (Fsp3) is 0.765. The number of hydrogen-bond donors (Lipinski definition) is 0. The van der Waals surface area contributed by atoms with Crippen LogP contribution in [0.1, 0.15) is 66.2 Å². The third-order valence-corrected chi connectivity index (χ3v) is 5.20. The molecule has 1 fully saturated rings. The van der Waals surface area contributed by atoms with E-state index >= 15 is 0 Å². The molecule has 19 heavy (non-hydrogen) atoms. The van der Waals surface area contributed by atoms with Gasteiger partial charge in [0, 0.05) is 12.8 Å². The molecule has 0 heterocycles. The van der Waals surface area contributed by atoms with E-state index in [1.54, 1.807) is 0 Å². The molecule has 2 rings (SSSR count). The van der Waals surface area contributed by atoms with Gasteiger partial charge in [0.2, 0.25) is 0 Å². The minimum absolute atomic E-state index is 0.143. The fourth-order valence-corrected chi connectivity index (χ4v) is 3.50. The summed E-state index contributed by atoms with van der Waals surface area (Å²) in [6.45, 7) is 8.68. The van der Waals surface area contributed by atoms with Crippen molar-refractivity contribution < 1.29 is 9.59 Å². The maximum atomic E-state index is 12.2. The van der Waals surface area contributed by atoms with Crippen LogP contribution < -0.4 is 0 Å². The highest BCUT2D eigenvalue weighted by Gasteiger charge is 2.46. The van der Waals surface area contributed by atoms with E-state index in [2.05, 4.69) is 26.8 Å². The first-order chi connectivity index (χ1) is 8.76. The van der Waals surface area contributed by atoms with Gasteiger partial charge >= 0.3 is 0 Å². The SMILES string of the molecule is CC1(C2=CCC(C(C)(C)C)CC2)C(=O)CCCC1=O. The zero-order valence-corrected chi connectivity index (χ0v) is 12.7. The second kappa shape index (κ2) is 4.88. The molecule has 0 saturated heterocycles. The van der Waals surface area contributed by atoms with Crippen molar-refractivity contribution in [2.24, 2.45) is 16.7 Å². The summed E-state index contributed by atoms with van der Waals surface area (Å²) in [6.07, 6.45) is 7.10. The van der Waals surface area contributed by atoms with Crippen LogP contribution in [-0.4, -0.2) is 11.6 Å². The molecule has 2 nitrogen and oxygen atoms in total. The van der Waals surface area contributed by atoms with Crippen molar-refractivity contribution in [3.63, 3.8) is 0 Å². The molecule has 2 heteroatoms. The van der Waals surface area contributed by atoms with Crippen molar-refractivity contribution in [3.05, 3.63) is 11.6 Å². The largest absolute Gasteiger partial charge is 0.298 e. The Labute approximate surface area is 116 Å². The van der Waals surface area contributed by atoms with Gasteiger partial charge in [-0.05, 0) is 43.9 Å². The van der Waals surface area contributed by atoms with Crippen LogP contribution >= 0.6 is 0 Å². The summed E-state index contributed by atoms with van der Waals surface area (Å²) < 4.78 is 0. The van der Waals surface area contributed by atoms with Crippen LogP contribution in [0.4, 0.5) is 0 Å². The van der Waals surface area contributed by atoms with E-state index in [0.29, 0.717) is 24.2 Å². The van der Waals surface area contributed by atoms with Crippen molar-refractivity contribution in [1.82, 2.24) is 0 Å². The first-order valence-electron chi connectivity index (χ1n) is 7.52. The number of hydrogen-bond acceptors (Lipinski definition) is 2. The van der Waals surface area contributed by atoms with Gasteiger partial charge < -0.3 is 0 Å². The summed E-state index contributed by atoms with van der Waals surface area (Å²) in [6, 6.07) is 0. The quantitative estimate of drug-likeness (QED) is 0.527. The van der Waals surface area contributed by atoms with Crippen LogP contribution in [0.5, 0.6) is 0 Å². The predicted molar refractivity (Wildman–Crippen MR) is 76.9 cm³/mol. The summed E-state index contributed by atoms with van der Waals surface area (Å²) in [5.74, 6) is 0.946. The second-order valence-electron chi connectivity index (χ2n) is 7.39. The van der Waals surface area contributed by atoms with E-state index in [9.17, 15) is 9.59 Å². The van der Waals surface area contributed by atoms with E-state index in [0.717, 1.165) is 31.3 Å². The lowest BCUT2D eigenvalue weighted by atomic mass is 9.63. The van der Waals surface area contributed by atoms with Gasteiger partial charge in [-0.1, -0.05) is 32.4 Å². The summed E-state index contributed by atoms with van der Waals surface area (Å²) >= 11 is 0. The molecule has 0 aromatic carbocycles. The normalized spacial score (nSPS) is 28.2. The molecule has 106 valence electrons. The van der Waals surface area contributed by atoms with Crippen molar-refractivity contribution >= 4 is 11.6 Å². The number of allylic oxidation sites excluding steroid dienone is 2. The van der Waals surface area contributed by atoms with Gasteiger partial charge in [-0.2, -0.15) is 0 Å². The van der Waals surface area contributed by atoms with Gasteiger partial charge in [0.15, 0.2) is 0 Å². The molecule has 0 N–H and O–H groups in total. The average molecular weight is 262 g/mol. The molecule has 2 aliphatic carbocycles. The van der Waals surface area contributed by atoms with Crippen molar-refractivity contribution in [1.29, 1.82) is 0 Å². The van der Waals surface area contributed by atoms with Crippen molar-refractivity contribution in [2.75, 3.05) is 0 Å². The Morgan fingerprint density at radius 3 is 2.11 bits per heavy atom. The Hall–Kier alpha value is -0.920. The standard InChI is InChI=1S/C17H26O2/c1-16(2,3)12-8-10-13(11-9-12)17(4)14(18)6-5-7-15(17)19/h10,12H,5-9,11H2,1-4H3. The Kier molecular flexibility index (Phi) is 3.72. The second-order valence-corrected chi connectivity index (χ2v) is 7.39. The third-order valence-electron chi connectivity index (χ3n) is 5.20. The third kappa shape index (κ3) is 2.54. The fourth-order valence-electron chi connectivity index (χ4n) is 3.50. The number of rotatable bonds is 1. The molecule has 0 radical (unpaired) electrons. The Bertz CT molecular complexity index is 407. The van der Waals surface area contributed by atoms with Crippen LogP contribution in [-0.2, 0) is 9.59 Å². The highest BCUT2D eigenvalue weighted by Crippen LogP contribution is 2.45. The summed E-state index contributed by atoms with van der Waals surface area (Å²) in [5.41, 5.74) is 0.618. The van der Waals surface area contributed by atoms with E-state index in [4.69, 9.17) is 0 Å². The van der Waals surface area contributed by atoms with E-state index in [1.807, 2.05) is 6.92 Å². The maximum Gasteiger partial charge on any atom is 0.150 e. The number of ketones is 2. The van der Waals surface area contributed by atoms with Crippen LogP contribution in [0, 0.1) is 16.7 Å². The molecule has 0 aromatic heterocycles. The smallest absolute Gasteiger partial charge is 0.150 e. The molecule has 0 spiro atoms. The number of carbonyl (C=O) groups is 2. The average Bonchev–Trinajstić information content (AvgIpc) is 2.35. The van der Waals surface area contributed by atoms with Crippen LogP contribution in [0.15, 0.2) is 11.6 Å². The predicted octanol–water partition coefficient (Wildman–Crippen LogP) is 4.09. The Morgan fingerprint density at radius 1 is 1.11 bits per heavy atom. The summed E-state index contributed by atoms with van der Waals surface area (Å²) in [4.78, 5) is 24.5. The highest BCUT2D eigenvalue weighted by atomic mass is 16.2. The Morgan fingerprint density at radius 2 is 1.68 bits per heavy atom. The first kappa shape index (κ1) is 14.5. The van der Waals surface area contributed by atoms with Crippen LogP contribution in [0.2, 0.25) is 0 Å². The molecule has 0 bridgehead atoms. The molecule has 1 atom stereocenters. The Balaban J connectivity index is 2.21. The monoisotopic (exact) mass is 262 g/mol. The van der Waals surface area contributed by atoms with Crippen LogP contribution in [0.25, 0.3) is 0 Å². The van der Waals surface area contributed by atoms with E-state index in [1.165, 1.54) is 0 Å². The van der Waals surface area contributed by atoms with Gasteiger partial charge in [0.1, 0.15) is 17.0 Å². The minimum Gasteiger partial charge on any atom is -0.298 e. The maximum absolute atomic E-state index is 12.2. The molecule has 0 amide bonds. The first-order valence-corrected chi connectivity index (χ1v) is 7.52. The topological polar surface area (TPSA) is 34.1 Å². The number of carbonyl (C=O) groups excluding carboxylic acids is 2. The summed E-state index contributed by atoms with van der Waals surface area (Å²) in [5, 5.41) is 0. The molecule has 1 unspecified atom stereocenters. The number of Topliss-reactive ketones (excluding diaryl/α,β-unsaturated/α-hetero) is 2. The van der Waals surface area contributed by atoms with Crippen LogP contribution in [0.3, 0.4) is 0 Å². The molecule has 2 aliphatic rings. The van der Waals surface area contributed by atoms with E-state index in [-0.39, 0.29) is 11.6 Å². The van der Waals surface area contributed by atoms with E-state index < -0.39 is 5.41 Å². The van der Waals surface area contributed by atoms with Gasteiger partial charge in [0.05, 0.1) is 0 Å². The molecule has 1 saturated carbocycles. The van der Waals surface area contributed by atoms with Gasteiger partial charge in [-0.25, -0.2) is 0 Å². The lowest BCUT2D eigenvalue weighted by Gasteiger charge is -2.39. The lowest BCUT2D eigenvalue weighted by Crippen LogP contribution is -2.42. The van der Waals surface area contributed by atoms with Crippen molar-refractivity contribution in [3.8, 4) is 0 Å². The molecule has 0 aromatic rings. The minimum atomic E-state index is -0.791. The van der Waals surface area contributed by atoms with Gasteiger partial charge in [-0.15, -0.1) is 0 Å². The zero-order chi connectivity index (χ0) is 14.3.